The van der Waals surface area contributed by atoms with E-state index in [9.17, 15) is 9.59 Å². The third kappa shape index (κ3) is 1.58. The molecule has 1 aliphatic rings. The predicted molar refractivity (Wildman–Crippen MR) is 63.1 cm³/mol. The number of aromatic nitrogens is 3. The number of fused-ring (bicyclic) bond motifs is 1. The lowest BCUT2D eigenvalue weighted by molar-refractivity contribution is -0.114. The topological polar surface area (TPSA) is 68.1 Å². The first-order chi connectivity index (χ1) is 8.77. The van der Waals surface area contributed by atoms with Crippen molar-refractivity contribution in [3.8, 4) is 0 Å². The normalized spacial score (nSPS) is 14.1. The average Bonchev–Trinajstić information content (AvgIpc) is 2.98. The van der Waals surface area contributed by atoms with E-state index in [2.05, 4.69) is 10.1 Å². The molecule has 3 rings (SSSR count). The van der Waals surface area contributed by atoms with Crippen LogP contribution in [0.1, 0.15) is 10.4 Å². The van der Waals surface area contributed by atoms with Gasteiger partial charge in [-0.1, -0.05) is 12.1 Å². The van der Waals surface area contributed by atoms with Crippen LogP contribution in [0.3, 0.4) is 0 Å². The Morgan fingerprint density at radius 1 is 1.11 bits per heavy atom. The number of hydrogen-bond donors (Lipinski definition) is 0. The van der Waals surface area contributed by atoms with Crippen LogP contribution >= 0.6 is 0 Å². The van der Waals surface area contributed by atoms with Gasteiger partial charge < -0.3 is 4.90 Å². The van der Waals surface area contributed by atoms with Crippen LogP contribution in [0, 0.1) is 0 Å². The number of para-hydroxylation sites is 1. The number of rotatable bonds is 3. The standard InChI is InChI=1S/C12H10N4O2/c17-11-9-3-1-2-4-10(9)16(12(11)18)6-5-15-8-13-7-14-15/h1-4,7-8H,5-6H2. The summed E-state index contributed by atoms with van der Waals surface area (Å²) >= 11 is 0. The highest BCUT2D eigenvalue weighted by molar-refractivity contribution is 6.52. The van der Waals surface area contributed by atoms with E-state index < -0.39 is 11.7 Å². The highest BCUT2D eigenvalue weighted by atomic mass is 16.2. The van der Waals surface area contributed by atoms with Crippen LogP contribution in [0.5, 0.6) is 0 Å². The van der Waals surface area contributed by atoms with E-state index in [4.69, 9.17) is 0 Å². The average molecular weight is 242 g/mol. The molecule has 1 amide bonds. The molecule has 0 N–H and O–H groups in total. The van der Waals surface area contributed by atoms with Gasteiger partial charge in [0.25, 0.3) is 11.7 Å². The number of amides is 1. The Bertz CT molecular complexity index is 606. The Morgan fingerprint density at radius 3 is 2.72 bits per heavy atom. The molecule has 0 fully saturated rings. The summed E-state index contributed by atoms with van der Waals surface area (Å²) in [5.74, 6) is -0.916. The second-order valence-corrected chi connectivity index (χ2v) is 3.96. The maximum absolute atomic E-state index is 11.9. The molecule has 0 saturated heterocycles. The highest BCUT2D eigenvalue weighted by Gasteiger charge is 2.34. The first-order valence-corrected chi connectivity index (χ1v) is 5.55. The summed E-state index contributed by atoms with van der Waals surface area (Å²) in [4.78, 5) is 28.9. The van der Waals surface area contributed by atoms with Gasteiger partial charge in [0, 0.05) is 6.54 Å². The molecule has 2 aromatic rings. The smallest absolute Gasteiger partial charge is 0.299 e. The van der Waals surface area contributed by atoms with E-state index in [0.29, 0.717) is 24.3 Å². The molecule has 0 unspecified atom stereocenters. The minimum atomic E-state index is -0.476. The van der Waals surface area contributed by atoms with Crippen LogP contribution in [-0.4, -0.2) is 33.0 Å². The van der Waals surface area contributed by atoms with E-state index in [1.807, 2.05) is 6.07 Å². The maximum atomic E-state index is 11.9. The van der Waals surface area contributed by atoms with Crippen molar-refractivity contribution < 1.29 is 9.59 Å². The summed E-state index contributed by atoms with van der Waals surface area (Å²) in [6, 6.07) is 7.02. The van der Waals surface area contributed by atoms with Crippen molar-refractivity contribution in [3.05, 3.63) is 42.5 Å². The quantitative estimate of drug-likeness (QED) is 0.735. The molecule has 0 bridgehead atoms. The number of benzene rings is 1. The monoisotopic (exact) mass is 242 g/mol. The Labute approximate surface area is 103 Å². The van der Waals surface area contributed by atoms with Crippen molar-refractivity contribution in [3.63, 3.8) is 0 Å². The van der Waals surface area contributed by atoms with Crippen LogP contribution in [0.15, 0.2) is 36.9 Å². The van der Waals surface area contributed by atoms with E-state index in [0.717, 1.165) is 0 Å². The third-order valence-electron chi connectivity index (χ3n) is 2.90. The van der Waals surface area contributed by atoms with Crippen molar-refractivity contribution in [1.29, 1.82) is 0 Å². The van der Waals surface area contributed by atoms with E-state index in [-0.39, 0.29) is 0 Å². The summed E-state index contributed by atoms with van der Waals surface area (Å²) in [7, 11) is 0. The molecule has 0 radical (unpaired) electrons. The summed E-state index contributed by atoms with van der Waals surface area (Å²) in [6.45, 7) is 0.915. The summed E-state index contributed by atoms with van der Waals surface area (Å²) in [5, 5.41) is 3.96. The lowest BCUT2D eigenvalue weighted by atomic mass is 10.1. The molecule has 0 saturated carbocycles. The van der Waals surface area contributed by atoms with Gasteiger partial charge in [-0.25, -0.2) is 4.98 Å². The Hall–Kier alpha value is -2.50. The van der Waals surface area contributed by atoms with Gasteiger partial charge in [0.2, 0.25) is 0 Å². The van der Waals surface area contributed by atoms with E-state index in [1.165, 1.54) is 11.2 Å². The van der Waals surface area contributed by atoms with Gasteiger partial charge in [0.05, 0.1) is 17.8 Å². The minimum Gasteiger partial charge on any atom is -0.303 e. The summed E-state index contributed by atoms with van der Waals surface area (Å²) in [5.41, 5.74) is 1.15. The van der Waals surface area contributed by atoms with Crippen molar-refractivity contribution in [2.75, 3.05) is 11.4 Å². The fourth-order valence-corrected chi connectivity index (χ4v) is 2.02. The Balaban J connectivity index is 1.84. The molecule has 6 nitrogen and oxygen atoms in total. The van der Waals surface area contributed by atoms with Crippen LogP contribution < -0.4 is 4.90 Å². The molecule has 1 aromatic heterocycles. The third-order valence-corrected chi connectivity index (χ3v) is 2.90. The van der Waals surface area contributed by atoms with Crippen LogP contribution in [-0.2, 0) is 11.3 Å². The Morgan fingerprint density at radius 2 is 1.94 bits per heavy atom. The second-order valence-electron chi connectivity index (χ2n) is 3.96. The largest absolute Gasteiger partial charge is 0.303 e. The second kappa shape index (κ2) is 4.06. The number of nitrogens with zero attached hydrogens (tertiary/aromatic N) is 4. The van der Waals surface area contributed by atoms with Gasteiger partial charge in [-0.05, 0) is 12.1 Å². The maximum Gasteiger partial charge on any atom is 0.299 e. The van der Waals surface area contributed by atoms with Crippen LogP contribution in [0.2, 0.25) is 0 Å². The van der Waals surface area contributed by atoms with Gasteiger partial charge >= 0.3 is 0 Å². The van der Waals surface area contributed by atoms with Crippen molar-refractivity contribution in [2.24, 2.45) is 0 Å². The number of ketones is 1. The van der Waals surface area contributed by atoms with E-state index in [1.54, 1.807) is 29.2 Å². The molecular formula is C12H10N4O2. The molecule has 1 aliphatic heterocycles. The zero-order chi connectivity index (χ0) is 12.5. The van der Waals surface area contributed by atoms with Crippen LogP contribution in [0.25, 0.3) is 0 Å². The number of hydrogen-bond acceptors (Lipinski definition) is 4. The molecule has 2 heterocycles. The van der Waals surface area contributed by atoms with Gasteiger partial charge in [-0.3, -0.25) is 14.3 Å². The van der Waals surface area contributed by atoms with E-state index >= 15 is 0 Å². The zero-order valence-electron chi connectivity index (χ0n) is 9.48. The lowest BCUT2D eigenvalue weighted by Gasteiger charge is -2.15. The SMILES string of the molecule is O=C1C(=O)N(CCn2cncn2)c2ccccc21. The lowest BCUT2D eigenvalue weighted by Crippen LogP contribution is -2.32. The fourth-order valence-electron chi connectivity index (χ4n) is 2.02. The first-order valence-electron chi connectivity index (χ1n) is 5.55. The number of Topliss-reactive ketones (excluding diaryl/α,β-unsaturated/α-hetero) is 1. The van der Waals surface area contributed by atoms with Gasteiger partial charge in [-0.15, -0.1) is 0 Å². The first kappa shape index (κ1) is 10.6. The summed E-state index contributed by atoms with van der Waals surface area (Å²) in [6.07, 6.45) is 3.01. The summed E-state index contributed by atoms with van der Waals surface area (Å²) < 4.78 is 1.62. The Kier molecular flexibility index (Phi) is 2.40. The molecule has 0 atom stereocenters. The van der Waals surface area contributed by atoms with Crippen LogP contribution in [0.4, 0.5) is 5.69 Å². The van der Waals surface area contributed by atoms with Crippen molar-refractivity contribution >= 4 is 17.4 Å². The van der Waals surface area contributed by atoms with Gasteiger partial charge in [0.15, 0.2) is 0 Å². The molecule has 1 aromatic carbocycles. The molecular weight excluding hydrogens is 232 g/mol. The minimum absolute atomic E-state index is 0.408. The molecule has 0 aliphatic carbocycles. The number of carbonyl (C=O) groups excluding carboxylic acids is 2. The number of anilines is 1. The number of carbonyl (C=O) groups is 2. The van der Waals surface area contributed by atoms with Crippen molar-refractivity contribution in [2.45, 2.75) is 6.54 Å². The van der Waals surface area contributed by atoms with Crippen molar-refractivity contribution in [1.82, 2.24) is 14.8 Å². The zero-order valence-corrected chi connectivity index (χ0v) is 9.48. The highest BCUT2D eigenvalue weighted by Crippen LogP contribution is 2.28. The van der Waals surface area contributed by atoms with Gasteiger partial charge in [-0.2, -0.15) is 5.10 Å². The molecule has 6 heteroatoms. The fraction of sp³-hybridized carbons (Fsp3) is 0.167. The van der Waals surface area contributed by atoms with Gasteiger partial charge in [0.1, 0.15) is 12.7 Å². The molecule has 18 heavy (non-hydrogen) atoms. The molecule has 0 spiro atoms. The predicted octanol–water partition coefficient (Wildman–Crippen LogP) is 0.508. The molecule has 90 valence electrons.